The van der Waals surface area contributed by atoms with Crippen LogP contribution < -0.4 is 15.2 Å². The fraction of sp³-hybridized carbons (Fsp3) is 0.514. The molecular formula is C35H49Cl2N5O9S4+2. The number of thioether (sulfide) groups is 3. The van der Waals surface area contributed by atoms with Crippen molar-refractivity contribution in [2.45, 2.75) is 54.9 Å². The molecule has 20 heteroatoms. The summed E-state index contributed by atoms with van der Waals surface area (Å²) in [7, 11) is -3.98. The average molecular weight is 883 g/mol. The third-order valence-corrected chi connectivity index (χ3v) is 13.6. The van der Waals surface area contributed by atoms with Gasteiger partial charge in [0.25, 0.3) is 27.9 Å². The first kappa shape index (κ1) is 46.8. The van der Waals surface area contributed by atoms with Crippen LogP contribution in [0.25, 0.3) is 0 Å². The predicted molar refractivity (Wildman–Crippen MR) is 217 cm³/mol. The zero-order valence-corrected chi connectivity index (χ0v) is 34.4. The zero-order valence-electron chi connectivity index (χ0n) is 29.7. The Hall–Kier alpha value is -2.55. The fourth-order valence-electron chi connectivity index (χ4n) is 5.94. The van der Waals surface area contributed by atoms with Gasteiger partial charge in [-0.3, -0.25) is 23.7 Å². The van der Waals surface area contributed by atoms with Crippen molar-refractivity contribution < 1.29 is 51.0 Å². The van der Waals surface area contributed by atoms with Gasteiger partial charge in [0, 0.05) is 71.0 Å². The lowest BCUT2D eigenvalue weighted by atomic mass is 10.1. The minimum atomic E-state index is -3.98. The second-order valence-corrected chi connectivity index (χ2v) is 18.4. The quantitative estimate of drug-likeness (QED) is 0.0451. The second kappa shape index (κ2) is 22.4. The largest absolute Gasteiger partial charge is 0.481 e. The lowest BCUT2D eigenvalue weighted by molar-refractivity contribution is -0.935. The monoisotopic (exact) mass is 881 g/mol. The van der Waals surface area contributed by atoms with Crippen LogP contribution in [0, 0.1) is 0 Å². The standard InChI is InChI=1S/C32H39Cl2N5O7S4.C2H4O2.CH4/c33-24-3-4-26(34)27(17-24)48-22-29(41)36-30-31(42)38-18-23(21-49-32(30)38)20-47-25-5-8-37(9-6-25)19-28(40)35-7-1-10-39(12-14-46-15-13-39)11-2-16-50(43,44)45;1-2(3)4;/h3-6,8-9,17-18,30,32H,1-2,7,10-16,19-22H2,(H-2,35,36,40,41,43,44,45);1H3,(H,3,4);1H4/p+2. The third kappa shape index (κ3) is 15.7. The van der Waals surface area contributed by atoms with Crippen LogP contribution in [-0.2, 0) is 40.6 Å². The van der Waals surface area contributed by atoms with E-state index < -0.39 is 22.1 Å². The number of benzene rings is 1. The van der Waals surface area contributed by atoms with Crippen molar-refractivity contribution in [1.29, 1.82) is 0 Å². The maximum absolute atomic E-state index is 12.8. The molecular weight excluding hydrogens is 834 g/mol. The smallest absolute Gasteiger partial charge is 0.300 e. The lowest BCUT2D eigenvalue weighted by Gasteiger charge is -2.47. The summed E-state index contributed by atoms with van der Waals surface area (Å²) in [5.74, 6) is 0.0652. The molecule has 4 heterocycles. The number of morpholine rings is 1. The van der Waals surface area contributed by atoms with Crippen molar-refractivity contribution in [1.82, 2.24) is 15.5 Å². The third-order valence-electron chi connectivity index (χ3n) is 8.61. The highest BCUT2D eigenvalue weighted by molar-refractivity contribution is 8.01. The summed E-state index contributed by atoms with van der Waals surface area (Å²) in [5.41, 5.74) is 1.12. The number of amides is 3. The summed E-state index contributed by atoms with van der Waals surface area (Å²) in [6, 6.07) is 8.46. The first-order valence-corrected chi connectivity index (χ1v) is 22.5. The molecule has 0 spiro atoms. The number of aromatic nitrogens is 1. The summed E-state index contributed by atoms with van der Waals surface area (Å²) >= 11 is 16.8. The van der Waals surface area contributed by atoms with Crippen LogP contribution in [0.15, 0.2) is 64.3 Å². The molecule has 2 aromatic rings. The van der Waals surface area contributed by atoms with Crippen LogP contribution in [0.1, 0.15) is 27.2 Å². The molecule has 2 atom stereocenters. The number of nitrogens with zero attached hydrogens (tertiary/aromatic N) is 3. The Bertz CT molecular complexity index is 1780. The number of carbonyl (C=O) groups excluding carboxylic acids is 3. The fourth-order valence-corrected chi connectivity index (χ4v) is 9.98. The molecule has 3 aliphatic heterocycles. The Labute approximate surface area is 345 Å². The molecule has 0 radical (unpaired) electrons. The van der Waals surface area contributed by atoms with Crippen molar-refractivity contribution in [2.24, 2.45) is 0 Å². The van der Waals surface area contributed by atoms with Crippen molar-refractivity contribution in [3.05, 3.63) is 64.5 Å². The number of nitrogens with one attached hydrogen (secondary N) is 2. The molecule has 0 saturated carbocycles. The Balaban J connectivity index is 0.00000155. The van der Waals surface area contributed by atoms with Gasteiger partial charge in [-0.15, -0.1) is 35.3 Å². The molecule has 2 fully saturated rings. The van der Waals surface area contributed by atoms with E-state index in [9.17, 15) is 22.8 Å². The maximum atomic E-state index is 12.8. The highest BCUT2D eigenvalue weighted by atomic mass is 35.5. The van der Waals surface area contributed by atoms with Crippen LogP contribution in [0.2, 0.25) is 10.0 Å². The van der Waals surface area contributed by atoms with E-state index >= 15 is 0 Å². The van der Waals surface area contributed by atoms with E-state index in [0.717, 1.165) is 53.7 Å². The molecule has 55 heavy (non-hydrogen) atoms. The van der Waals surface area contributed by atoms with Crippen molar-refractivity contribution in [3.8, 4) is 0 Å². The van der Waals surface area contributed by atoms with Crippen molar-refractivity contribution >= 4 is 92.3 Å². The van der Waals surface area contributed by atoms with E-state index in [1.165, 1.54) is 11.8 Å². The molecule has 3 aliphatic rings. The maximum Gasteiger partial charge on any atom is 0.300 e. The summed E-state index contributed by atoms with van der Waals surface area (Å²) in [6.45, 7) is 6.04. The molecule has 1 aromatic carbocycles. The summed E-state index contributed by atoms with van der Waals surface area (Å²) < 4.78 is 39.4. The number of hydrogen-bond donors (Lipinski definition) is 4. The second-order valence-electron chi connectivity index (χ2n) is 12.8. The lowest BCUT2D eigenvalue weighted by Crippen LogP contribution is -2.68. The number of carbonyl (C=O) groups is 4. The number of aliphatic carboxylic acids is 1. The van der Waals surface area contributed by atoms with Crippen LogP contribution in [-0.4, -0.2) is 132 Å². The number of quaternary nitrogens is 1. The average Bonchev–Trinajstić information content (AvgIpc) is 3.12. The Morgan fingerprint density at radius 2 is 1.75 bits per heavy atom. The van der Waals surface area contributed by atoms with E-state index in [1.54, 1.807) is 46.6 Å². The number of halogens is 2. The minimum absolute atomic E-state index is 0. The van der Waals surface area contributed by atoms with Crippen molar-refractivity contribution in [3.63, 3.8) is 0 Å². The molecule has 3 amide bonds. The normalized spacial score (nSPS) is 18.7. The van der Waals surface area contributed by atoms with E-state index in [1.807, 2.05) is 35.3 Å². The van der Waals surface area contributed by atoms with Crippen LogP contribution in [0.3, 0.4) is 0 Å². The van der Waals surface area contributed by atoms with Gasteiger partial charge in [-0.25, -0.2) is 0 Å². The first-order valence-electron chi connectivity index (χ1n) is 17.1. The van der Waals surface area contributed by atoms with Gasteiger partial charge >= 0.3 is 0 Å². The number of carboxylic acids is 1. The molecule has 1 aromatic heterocycles. The highest BCUT2D eigenvalue weighted by Gasteiger charge is 2.49. The van der Waals surface area contributed by atoms with Crippen LogP contribution in [0.5, 0.6) is 0 Å². The van der Waals surface area contributed by atoms with Gasteiger partial charge in [0.1, 0.15) is 24.5 Å². The van der Waals surface area contributed by atoms with Gasteiger partial charge < -0.3 is 29.9 Å². The van der Waals surface area contributed by atoms with Gasteiger partial charge in [0.15, 0.2) is 12.4 Å². The first-order chi connectivity index (χ1) is 25.6. The van der Waals surface area contributed by atoms with Crippen molar-refractivity contribution in [2.75, 3.05) is 68.9 Å². The van der Waals surface area contributed by atoms with Crippen LogP contribution in [0.4, 0.5) is 0 Å². The molecule has 0 aliphatic carbocycles. The highest BCUT2D eigenvalue weighted by Crippen LogP contribution is 2.38. The molecule has 14 nitrogen and oxygen atoms in total. The Morgan fingerprint density at radius 3 is 2.42 bits per heavy atom. The van der Waals surface area contributed by atoms with Gasteiger partial charge in [0.2, 0.25) is 12.5 Å². The van der Waals surface area contributed by atoms with Gasteiger partial charge in [0.05, 0.1) is 42.8 Å². The molecule has 0 bridgehead atoms. The Kier molecular flexibility index (Phi) is 19.1. The summed E-state index contributed by atoms with van der Waals surface area (Å²) in [5, 5.41) is 14.2. The number of rotatable bonds is 17. The number of pyridine rings is 1. The topological polar surface area (TPSA) is 183 Å². The van der Waals surface area contributed by atoms with E-state index in [0.29, 0.717) is 53.4 Å². The zero-order chi connectivity index (χ0) is 39.3. The Morgan fingerprint density at radius 1 is 1.07 bits per heavy atom. The number of ether oxygens (including phenoxy) is 1. The number of hydrogen-bond acceptors (Lipinski definition) is 10. The van der Waals surface area contributed by atoms with Gasteiger partial charge in [-0.2, -0.15) is 13.0 Å². The van der Waals surface area contributed by atoms with Crippen LogP contribution >= 0.6 is 58.5 Å². The summed E-state index contributed by atoms with van der Waals surface area (Å²) in [4.78, 5) is 50.4. The van der Waals surface area contributed by atoms with E-state index in [-0.39, 0.29) is 48.6 Å². The molecule has 5 rings (SSSR count). The molecule has 304 valence electrons. The number of carboxylic acid groups (broad SMARTS) is 1. The predicted octanol–water partition coefficient (Wildman–Crippen LogP) is 3.81. The summed E-state index contributed by atoms with van der Waals surface area (Å²) in [6.07, 6.45) is 6.78. The SMILES string of the molecule is C.CC(=O)O.O=C(C[n+]1ccc(SCC2=CN3C(=O)C(NC(=O)CSc4cc(Cl)ccc4Cl)C3SC2)cc1)NCCC[N+]1(CCCS(=O)(=O)O)CCOCC1. The molecule has 2 unspecified atom stereocenters. The van der Waals surface area contributed by atoms with E-state index in [2.05, 4.69) is 10.6 Å². The number of fused-ring (bicyclic) bond motifs is 1. The molecule has 2 saturated heterocycles. The van der Waals surface area contributed by atoms with E-state index in [4.69, 9.17) is 42.4 Å². The number of β-lactam (4-membered cyclic amide) rings is 1. The molecule has 4 N–H and O–H groups in total. The van der Waals surface area contributed by atoms with Gasteiger partial charge in [-0.1, -0.05) is 30.6 Å². The minimum Gasteiger partial charge on any atom is -0.481 e. The van der Waals surface area contributed by atoms with Gasteiger partial charge in [-0.05, 0) is 23.8 Å².